The van der Waals surface area contributed by atoms with Crippen LogP contribution in [-0.4, -0.2) is 60.5 Å². The number of carbonyl (C=O) groups is 1. The summed E-state index contributed by atoms with van der Waals surface area (Å²) >= 11 is 0. The van der Waals surface area contributed by atoms with Crippen molar-refractivity contribution in [2.75, 3.05) is 32.7 Å². The lowest BCUT2D eigenvalue weighted by molar-refractivity contribution is -0.123. The van der Waals surface area contributed by atoms with Crippen LogP contribution in [0.1, 0.15) is 31.2 Å². The van der Waals surface area contributed by atoms with Gasteiger partial charge < -0.3 is 11.1 Å². The van der Waals surface area contributed by atoms with E-state index >= 15 is 0 Å². The highest BCUT2D eigenvalue weighted by molar-refractivity contribution is 5.85. The summed E-state index contributed by atoms with van der Waals surface area (Å²) in [5.74, 6) is 0.173. The van der Waals surface area contributed by atoms with Crippen LogP contribution in [0.15, 0.2) is 30.3 Å². The van der Waals surface area contributed by atoms with E-state index in [1.165, 1.54) is 5.56 Å². The highest BCUT2D eigenvalue weighted by atomic mass is 35.5. The molecule has 7 heteroatoms. The molecule has 0 atom stereocenters. The van der Waals surface area contributed by atoms with Crippen LogP contribution in [0.2, 0.25) is 0 Å². The molecule has 3 rings (SSSR count). The van der Waals surface area contributed by atoms with Gasteiger partial charge in [0.2, 0.25) is 5.91 Å². The molecule has 0 radical (unpaired) electrons. The fraction of sp³-hybridized carbons (Fsp3) is 0.632. The van der Waals surface area contributed by atoms with Crippen LogP contribution < -0.4 is 11.1 Å². The van der Waals surface area contributed by atoms with Gasteiger partial charge in [-0.25, -0.2) is 0 Å². The monoisotopic (exact) mass is 402 g/mol. The topological polar surface area (TPSA) is 61.6 Å². The Morgan fingerprint density at radius 2 is 1.54 bits per heavy atom. The molecule has 3 N–H and O–H groups in total. The summed E-state index contributed by atoms with van der Waals surface area (Å²) in [6.45, 7) is 5.53. The second-order valence-corrected chi connectivity index (χ2v) is 7.22. The number of hydrogen-bond donors (Lipinski definition) is 2. The largest absolute Gasteiger partial charge is 0.352 e. The minimum absolute atomic E-state index is 0. The van der Waals surface area contributed by atoms with E-state index < -0.39 is 0 Å². The van der Waals surface area contributed by atoms with E-state index in [2.05, 4.69) is 45.4 Å². The van der Waals surface area contributed by atoms with Crippen molar-refractivity contribution >= 4 is 30.7 Å². The molecule has 0 spiro atoms. The molecule has 1 saturated heterocycles. The van der Waals surface area contributed by atoms with Crippen molar-refractivity contribution in [3.8, 4) is 0 Å². The van der Waals surface area contributed by atoms with Crippen molar-refractivity contribution in [2.45, 2.75) is 44.3 Å². The number of benzene rings is 1. The predicted octanol–water partition coefficient (Wildman–Crippen LogP) is 2.03. The van der Waals surface area contributed by atoms with Crippen molar-refractivity contribution in [2.24, 2.45) is 5.73 Å². The van der Waals surface area contributed by atoms with Crippen molar-refractivity contribution < 1.29 is 4.79 Å². The van der Waals surface area contributed by atoms with E-state index in [1.807, 2.05) is 0 Å². The summed E-state index contributed by atoms with van der Waals surface area (Å²) in [6.07, 6.45) is 4.11. The Labute approximate surface area is 169 Å². The molecule has 1 amide bonds. The summed E-state index contributed by atoms with van der Waals surface area (Å²) in [5.41, 5.74) is 7.28. The van der Waals surface area contributed by atoms with Crippen LogP contribution in [0.5, 0.6) is 0 Å². The van der Waals surface area contributed by atoms with Crippen LogP contribution in [0.4, 0.5) is 0 Å². The van der Waals surface area contributed by atoms with Gasteiger partial charge >= 0.3 is 0 Å². The summed E-state index contributed by atoms with van der Waals surface area (Å²) < 4.78 is 0. The molecule has 1 aliphatic heterocycles. The van der Waals surface area contributed by atoms with Gasteiger partial charge in [0.1, 0.15) is 0 Å². The molecule has 5 nitrogen and oxygen atoms in total. The second-order valence-electron chi connectivity index (χ2n) is 7.22. The number of nitrogens with zero attached hydrogens (tertiary/aromatic N) is 2. The number of rotatable bonds is 5. The quantitative estimate of drug-likeness (QED) is 0.790. The fourth-order valence-corrected chi connectivity index (χ4v) is 3.69. The number of amides is 1. The van der Waals surface area contributed by atoms with Crippen molar-refractivity contribution in [1.29, 1.82) is 0 Å². The van der Waals surface area contributed by atoms with Crippen LogP contribution >= 0.6 is 24.8 Å². The van der Waals surface area contributed by atoms with Crippen molar-refractivity contribution in [3.63, 3.8) is 0 Å². The highest BCUT2D eigenvalue weighted by Gasteiger charge is 2.22. The van der Waals surface area contributed by atoms with Crippen LogP contribution in [0.3, 0.4) is 0 Å². The van der Waals surface area contributed by atoms with Crippen molar-refractivity contribution in [1.82, 2.24) is 15.1 Å². The lowest BCUT2D eigenvalue weighted by atomic mass is 9.92. The van der Waals surface area contributed by atoms with Crippen LogP contribution in [0, 0.1) is 0 Å². The standard InChI is InChI=1S/C19H30N4O.2ClH/c20-17-6-8-18(9-7-17)21-19(24)15-23-12-10-22(11-13-23)14-16-4-2-1-3-5-16;;/h1-5,17-18H,6-15,20H2,(H,21,24);2*1H. The molecule has 1 heterocycles. The Kier molecular flexibility index (Phi) is 10.5. The molecule has 26 heavy (non-hydrogen) atoms. The van der Waals surface area contributed by atoms with Gasteiger partial charge in [0, 0.05) is 44.8 Å². The lowest BCUT2D eigenvalue weighted by Crippen LogP contribution is -2.50. The highest BCUT2D eigenvalue weighted by Crippen LogP contribution is 2.17. The first-order valence-electron chi connectivity index (χ1n) is 9.22. The van der Waals surface area contributed by atoms with Gasteiger partial charge in [-0.3, -0.25) is 14.6 Å². The molecule has 148 valence electrons. The maximum Gasteiger partial charge on any atom is 0.234 e. The van der Waals surface area contributed by atoms with Gasteiger partial charge in [0.25, 0.3) is 0 Å². The van der Waals surface area contributed by atoms with Crippen molar-refractivity contribution in [3.05, 3.63) is 35.9 Å². The normalized spacial score (nSPS) is 24.2. The lowest BCUT2D eigenvalue weighted by Gasteiger charge is -2.35. The Morgan fingerprint density at radius 3 is 2.15 bits per heavy atom. The molecule has 2 fully saturated rings. The number of carbonyl (C=O) groups excluding carboxylic acids is 1. The Balaban J connectivity index is 0.00000169. The molecule has 1 aromatic carbocycles. The predicted molar refractivity (Wildman–Crippen MR) is 111 cm³/mol. The number of piperazine rings is 1. The Hall–Kier alpha value is -0.850. The first-order valence-corrected chi connectivity index (χ1v) is 9.22. The van der Waals surface area contributed by atoms with Gasteiger partial charge in [0.05, 0.1) is 6.54 Å². The van der Waals surface area contributed by atoms with E-state index in [1.54, 1.807) is 0 Å². The van der Waals surface area contributed by atoms with E-state index in [0.29, 0.717) is 18.6 Å². The van der Waals surface area contributed by atoms with Gasteiger partial charge in [-0.2, -0.15) is 0 Å². The van der Waals surface area contributed by atoms with Gasteiger partial charge in [0.15, 0.2) is 0 Å². The third-order valence-electron chi connectivity index (χ3n) is 5.22. The number of halogens is 2. The summed E-state index contributed by atoms with van der Waals surface area (Å²) in [6, 6.07) is 11.3. The summed E-state index contributed by atoms with van der Waals surface area (Å²) in [5, 5.41) is 3.19. The minimum Gasteiger partial charge on any atom is -0.352 e. The zero-order valence-corrected chi connectivity index (χ0v) is 16.9. The van der Waals surface area contributed by atoms with E-state index in [0.717, 1.165) is 58.4 Å². The Morgan fingerprint density at radius 1 is 0.962 bits per heavy atom. The fourth-order valence-electron chi connectivity index (χ4n) is 3.69. The average molecular weight is 403 g/mol. The van der Waals surface area contributed by atoms with E-state index in [9.17, 15) is 4.79 Å². The average Bonchev–Trinajstić information content (AvgIpc) is 2.60. The van der Waals surface area contributed by atoms with E-state index in [4.69, 9.17) is 5.73 Å². The minimum atomic E-state index is 0. The third-order valence-corrected chi connectivity index (χ3v) is 5.22. The molecule has 1 aliphatic carbocycles. The van der Waals surface area contributed by atoms with Gasteiger partial charge in [-0.05, 0) is 31.2 Å². The summed E-state index contributed by atoms with van der Waals surface area (Å²) in [7, 11) is 0. The molecule has 0 aromatic heterocycles. The number of nitrogens with one attached hydrogen (secondary N) is 1. The van der Waals surface area contributed by atoms with Crippen LogP contribution in [0.25, 0.3) is 0 Å². The first-order chi connectivity index (χ1) is 11.7. The van der Waals surface area contributed by atoms with E-state index in [-0.39, 0.29) is 30.7 Å². The number of hydrogen-bond acceptors (Lipinski definition) is 4. The molecule has 0 bridgehead atoms. The second kappa shape index (κ2) is 11.8. The zero-order chi connectivity index (χ0) is 16.8. The van der Waals surface area contributed by atoms with Gasteiger partial charge in [-0.15, -0.1) is 24.8 Å². The molecule has 0 unspecified atom stereocenters. The van der Waals surface area contributed by atoms with Gasteiger partial charge in [-0.1, -0.05) is 30.3 Å². The molecular formula is C19H32Cl2N4O. The molecule has 1 aromatic rings. The SMILES string of the molecule is Cl.Cl.NC1CCC(NC(=O)CN2CCN(Cc3ccccc3)CC2)CC1. The first kappa shape index (κ1) is 23.2. The number of nitrogens with two attached hydrogens (primary N) is 1. The maximum absolute atomic E-state index is 12.2. The van der Waals surface area contributed by atoms with Crippen LogP contribution in [-0.2, 0) is 11.3 Å². The third kappa shape index (κ3) is 7.41. The molecular weight excluding hydrogens is 371 g/mol. The zero-order valence-electron chi connectivity index (χ0n) is 15.3. The Bertz CT molecular complexity index is 516. The molecule has 1 saturated carbocycles. The smallest absolute Gasteiger partial charge is 0.234 e. The maximum atomic E-state index is 12.2. The molecule has 2 aliphatic rings. The summed E-state index contributed by atoms with van der Waals surface area (Å²) in [4.78, 5) is 17.0.